The second-order valence-electron chi connectivity index (χ2n) is 4.58. The van der Waals surface area contributed by atoms with Gasteiger partial charge in [-0.1, -0.05) is 36.4 Å². The first-order valence-electron chi connectivity index (χ1n) is 6.13. The molecule has 2 aliphatic rings. The third-order valence-corrected chi connectivity index (χ3v) is 3.47. The van der Waals surface area contributed by atoms with Crippen molar-refractivity contribution in [3.63, 3.8) is 0 Å². The van der Waals surface area contributed by atoms with E-state index in [1.54, 1.807) is 0 Å². The molecular formula is C16H12N2. The van der Waals surface area contributed by atoms with Crippen LogP contribution in [0.4, 0.5) is 11.4 Å². The molecular weight excluding hydrogens is 220 g/mol. The van der Waals surface area contributed by atoms with Crippen molar-refractivity contribution in [2.45, 2.75) is 6.54 Å². The van der Waals surface area contributed by atoms with Crippen LogP contribution in [0.3, 0.4) is 0 Å². The van der Waals surface area contributed by atoms with E-state index in [-0.39, 0.29) is 0 Å². The predicted molar refractivity (Wildman–Crippen MR) is 75.2 cm³/mol. The van der Waals surface area contributed by atoms with E-state index >= 15 is 0 Å². The number of anilines is 1. The van der Waals surface area contributed by atoms with Crippen LogP contribution in [0.25, 0.3) is 6.08 Å². The summed E-state index contributed by atoms with van der Waals surface area (Å²) in [5, 5.41) is 0. The van der Waals surface area contributed by atoms with Crippen molar-refractivity contribution in [2.75, 3.05) is 4.90 Å². The zero-order valence-electron chi connectivity index (χ0n) is 9.88. The Morgan fingerprint density at radius 2 is 1.72 bits per heavy atom. The van der Waals surface area contributed by atoms with E-state index in [2.05, 4.69) is 59.5 Å². The van der Waals surface area contributed by atoms with Crippen LogP contribution in [-0.4, -0.2) is 5.84 Å². The number of para-hydroxylation sites is 2. The highest BCUT2D eigenvalue weighted by molar-refractivity contribution is 6.13. The van der Waals surface area contributed by atoms with Crippen LogP contribution in [0.15, 0.2) is 59.6 Å². The lowest BCUT2D eigenvalue weighted by Crippen LogP contribution is -2.33. The zero-order valence-corrected chi connectivity index (χ0v) is 9.88. The molecule has 4 rings (SSSR count). The Bertz CT molecular complexity index is 683. The molecule has 0 saturated heterocycles. The van der Waals surface area contributed by atoms with E-state index in [0.717, 1.165) is 18.1 Å². The molecule has 2 aliphatic heterocycles. The molecule has 0 radical (unpaired) electrons. The molecule has 2 heterocycles. The number of nitrogens with zero attached hydrogens (tertiary/aromatic N) is 2. The Morgan fingerprint density at radius 1 is 0.889 bits per heavy atom. The van der Waals surface area contributed by atoms with Crippen LogP contribution in [-0.2, 0) is 6.54 Å². The molecule has 0 amide bonds. The van der Waals surface area contributed by atoms with Crippen LogP contribution in [0, 0.1) is 0 Å². The predicted octanol–water partition coefficient (Wildman–Crippen LogP) is 3.76. The first-order valence-corrected chi connectivity index (χ1v) is 6.13. The Kier molecular flexibility index (Phi) is 1.92. The SMILES string of the molecule is C1=Cc2ccccc2N2Cc3ccccc3N=C12. The molecule has 0 aromatic heterocycles. The van der Waals surface area contributed by atoms with Crippen molar-refractivity contribution in [1.29, 1.82) is 0 Å². The molecule has 86 valence electrons. The second kappa shape index (κ2) is 3.57. The van der Waals surface area contributed by atoms with Crippen LogP contribution in [0.2, 0.25) is 0 Å². The minimum absolute atomic E-state index is 0.899. The minimum Gasteiger partial charge on any atom is -0.321 e. The van der Waals surface area contributed by atoms with Gasteiger partial charge in [-0.15, -0.1) is 0 Å². The van der Waals surface area contributed by atoms with Crippen molar-refractivity contribution in [3.8, 4) is 0 Å². The fourth-order valence-corrected chi connectivity index (χ4v) is 2.56. The summed E-state index contributed by atoms with van der Waals surface area (Å²) in [5.74, 6) is 1.03. The molecule has 2 aromatic carbocycles. The molecule has 2 heteroatoms. The molecule has 0 spiro atoms. The largest absolute Gasteiger partial charge is 0.321 e. The van der Waals surface area contributed by atoms with Crippen LogP contribution >= 0.6 is 0 Å². The van der Waals surface area contributed by atoms with E-state index < -0.39 is 0 Å². The van der Waals surface area contributed by atoms with E-state index in [1.165, 1.54) is 16.8 Å². The summed E-state index contributed by atoms with van der Waals surface area (Å²) in [6.07, 6.45) is 4.23. The van der Waals surface area contributed by atoms with Crippen molar-refractivity contribution in [1.82, 2.24) is 0 Å². The van der Waals surface area contributed by atoms with Crippen molar-refractivity contribution in [3.05, 3.63) is 65.7 Å². The number of hydrogen-bond donors (Lipinski definition) is 0. The maximum absolute atomic E-state index is 4.72. The summed E-state index contributed by atoms with van der Waals surface area (Å²) < 4.78 is 0. The van der Waals surface area contributed by atoms with E-state index in [1.807, 2.05) is 6.07 Å². The molecule has 18 heavy (non-hydrogen) atoms. The lowest BCUT2D eigenvalue weighted by molar-refractivity contribution is 0.977. The Morgan fingerprint density at radius 3 is 2.72 bits per heavy atom. The maximum Gasteiger partial charge on any atom is 0.134 e. The van der Waals surface area contributed by atoms with Gasteiger partial charge in [0.15, 0.2) is 0 Å². The Balaban J connectivity index is 1.91. The van der Waals surface area contributed by atoms with Gasteiger partial charge in [0.25, 0.3) is 0 Å². The smallest absolute Gasteiger partial charge is 0.134 e. The van der Waals surface area contributed by atoms with E-state index in [9.17, 15) is 0 Å². The third kappa shape index (κ3) is 1.32. The van der Waals surface area contributed by atoms with Crippen LogP contribution < -0.4 is 4.90 Å². The summed E-state index contributed by atoms with van der Waals surface area (Å²) in [4.78, 5) is 7.00. The summed E-state index contributed by atoms with van der Waals surface area (Å²) in [6.45, 7) is 0.899. The second-order valence-corrected chi connectivity index (χ2v) is 4.58. The lowest BCUT2D eigenvalue weighted by atomic mass is 10.0. The van der Waals surface area contributed by atoms with Gasteiger partial charge in [-0.25, -0.2) is 4.99 Å². The van der Waals surface area contributed by atoms with Gasteiger partial charge in [-0.3, -0.25) is 0 Å². The van der Waals surface area contributed by atoms with E-state index in [0.29, 0.717) is 0 Å². The lowest BCUT2D eigenvalue weighted by Gasteiger charge is -2.32. The van der Waals surface area contributed by atoms with Gasteiger partial charge in [0.2, 0.25) is 0 Å². The molecule has 0 bridgehead atoms. The van der Waals surface area contributed by atoms with Crippen molar-refractivity contribution >= 4 is 23.3 Å². The quantitative estimate of drug-likeness (QED) is 0.675. The molecule has 2 aromatic rings. The van der Waals surface area contributed by atoms with Gasteiger partial charge in [0, 0.05) is 5.69 Å². The van der Waals surface area contributed by atoms with Crippen molar-refractivity contribution in [2.24, 2.45) is 4.99 Å². The summed E-state index contributed by atoms with van der Waals surface area (Å²) in [6, 6.07) is 16.8. The number of aliphatic imine (C=N–C) groups is 1. The van der Waals surface area contributed by atoms with Gasteiger partial charge >= 0.3 is 0 Å². The average Bonchev–Trinajstić information content (AvgIpc) is 2.45. The number of hydrogen-bond acceptors (Lipinski definition) is 2. The van der Waals surface area contributed by atoms with Gasteiger partial charge < -0.3 is 4.90 Å². The zero-order chi connectivity index (χ0) is 11.9. The average molecular weight is 232 g/mol. The topological polar surface area (TPSA) is 15.6 Å². The first kappa shape index (κ1) is 9.66. The monoisotopic (exact) mass is 232 g/mol. The standard InChI is InChI=1S/C16H12N2/c1-3-7-14-13(6-1)11-18-15-8-4-2-5-12(15)9-10-16(18)17-14/h1-10H,11H2. The molecule has 0 fully saturated rings. The first-order chi connectivity index (χ1) is 8.92. The fraction of sp³-hybridized carbons (Fsp3) is 0.0625. The van der Waals surface area contributed by atoms with Crippen LogP contribution in [0.5, 0.6) is 0 Å². The third-order valence-electron chi connectivity index (χ3n) is 3.47. The Hall–Kier alpha value is -2.35. The molecule has 0 N–H and O–H groups in total. The highest BCUT2D eigenvalue weighted by Gasteiger charge is 2.23. The number of amidine groups is 1. The van der Waals surface area contributed by atoms with Gasteiger partial charge in [0.1, 0.15) is 5.84 Å². The normalized spacial score (nSPS) is 15.6. The van der Waals surface area contributed by atoms with E-state index in [4.69, 9.17) is 4.99 Å². The molecule has 0 unspecified atom stereocenters. The number of fused-ring (bicyclic) bond motifs is 4. The summed E-state index contributed by atoms with van der Waals surface area (Å²) in [5.41, 5.74) is 4.88. The van der Waals surface area contributed by atoms with Gasteiger partial charge in [-0.2, -0.15) is 0 Å². The summed E-state index contributed by atoms with van der Waals surface area (Å²) >= 11 is 0. The molecule has 0 aliphatic carbocycles. The minimum atomic E-state index is 0.899. The van der Waals surface area contributed by atoms with Gasteiger partial charge in [-0.05, 0) is 35.4 Å². The molecule has 0 saturated carbocycles. The molecule has 0 atom stereocenters. The number of benzene rings is 2. The molecule has 2 nitrogen and oxygen atoms in total. The highest BCUT2D eigenvalue weighted by atomic mass is 15.2. The van der Waals surface area contributed by atoms with Crippen LogP contribution in [0.1, 0.15) is 11.1 Å². The Labute approximate surface area is 106 Å². The fourth-order valence-electron chi connectivity index (χ4n) is 2.56. The summed E-state index contributed by atoms with van der Waals surface area (Å²) in [7, 11) is 0. The van der Waals surface area contributed by atoms with Gasteiger partial charge in [0.05, 0.1) is 12.2 Å². The van der Waals surface area contributed by atoms with Crippen molar-refractivity contribution < 1.29 is 0 Å². The maximum atomic E-state index is 4.72. The number of rotatable bonds is 0. The highest BCUT2D eigenvalue weighted by Crippen LogP contribution is 2.34.